The summed E-state index contributed by atoms with van der Waals surface area (Å²) in [6.07, 6.45) is 5.25. The van der Waals surface area contributed by atoms with E-state index in [0.29, 0.717) is 0 Å². The van der Waals surface area contributed by atoms with Gasteiger partial charge in [0.25, 0.3) is 0 Å². The van der Waals surface area contributed by atoms with Gasteiger partial charge in [0, 0.05) is 13.1 Å². The fourth-order valence-corrected chi connectivity index (χ4v) is 2.21. The van der Waals surface area contributed by atoms with Crippen LogP contribution < -0.4 is 5.32 Å². The molecule has 0 aromatic rings. The first-order valence-corrected chi connectivity index (χ1v) is 4.26. The Bertz CT molecular complexity index is 170. The van der Waals surface area contributed by atoms with Crippen LogP contribution in [0.1, 0.15) is 0 Å². The average Bonchev–Trinajstić information content (AvgIpc) is 2.46. The molecule has 2 heteroatoms. The number of nitrogens with zero attached hydrogens (tertiary/aromatic N) is 1. The molecule has 2 fully saturated rings. The maximum Gasteiger partial charge on any atom is 0.0599 e. The molecule has 0 saturated carbocycles. The fourth-order valence-electron chi connectivity index (χ4n) is 2.21. The van der Waals surface area contributed by atoms with Gasteiger partial charge in [0.05, 0.1) is 6.54 Å². The van der Waals surface area contributed by atoms with Gasteiger partial charge >= 0.3 is 0 Å². The molecule has 2 heterocycles. The van der Waals surface area contributed by atoms with Gasteiger partial charge in [-0.2, -0.15) is 0 Å². The van der Waals surface area contributed by atoms with Crippen LogP contribution in [0.15, 0.2) is 0 Å². The van der Waals surface area contributed by atoms with Gasteiger partial charge in [-0.3, -0.25) is 4.90 Å². The molecule has 0 radical (unpaired) electrons. The van der Waals surface area contributed by atoms with E-state index in [1.807, 2.05) is 0 Å². The van der Waals surface area contributed by atoms with E-state index >= 15 is 0 Å². The minimum Gasteiger partial charge on any atom is -0.316 e. The third kappa shape index (κ3) is 1.26. The van der Waals surface area contributed by atoms with E-state index < -0.39 is 0 Å². The minimum absolute atomic E-state index is 0.840. The largest absolute Gasteiger partial charge is 0.316 e. The van der Waals surface area contributed by atoms with Crippen molar-refractivity contribution < 1.29 is 0 Å². The van der Waals surface area contributed by atoms with Crippen molar-refractivity contribution >= 4 is 0 Å². The van der Waals surface area contributed by atoms with Gasteiger partial charge in [-0.1, -0.05) is 5.92 Å². The topological polar surface area (TPSA) is 15.3 Å². The minimum atomic E-state index is 0.840. The monoisotopic (exact) mass is 150 g/mol. The van der Waals surface area contributed by atoms with E-state index in [9.17, 15) is 0 Å². The Kier molecular flexibility index (Phi) is 1.85. The molecule has 0 aromatic carbocycles. The summed E-state index contributed by atoms with van der Waals surface area (Å²) in [5.74, 6) is 4.46. The van der Waals surface area contributed by atoms with Gasteiger partial charge in [0.15, 0.2) is 0 Å². The lowest BCUT2D eigenvalue weighted by atomic mass is 10.0. The summed E-state index contributed by atoms with van der Waals surface area (Å²) >= 11 is 0. The molecule has 0 aliphatic carbocycles. The first kappa shape index (κ1) is 7.15. The summed E-state index contributed by atoms with van der Waals surface area (Å²) in [5, 5.41) is 3.41. The number of terminal acetylenes is 1. The van der Waals surface area contributed by atoms with Crippen molar-refractivity contribution in [2.45, 2.75) is 0 Å². The van der Waals surface area contributed by atoms with Crippen molar-refractivity contribution in [3.63, 3.8) is 0 Å². The molecular weight excluding hydrogens is 136 g/mol. The van der Waals surface area contributed by atoms with Crippen LogP contribution in [-0.4, -0.2) is 37.6 Å². The molecule has 2 aliphatic rings. The van der Waals surface area contributed by atoms with E-state index in [1.54, 1.807) is 0 Å². The van der Waals surface area contributed by atoms with Crippen LogP contribution in [0.25, 0.3) is 0 Å². The number of hydrogen-bond acceptors (Lipinski definition) is 2. The first-order valence-electron chi connectivity index (χ1n) is 4.26. The Morgan fingerprint density at radius 2 is 2.00 bits per heavy atom. The van der Waals surface area contributed by atoms with E-state index in [-0.39, 0.29) is 0 Å². The number of likely N-dealkylation sites (tertiary alicyclic amines) is 1. The summed E-state index contributed by atoms with van der Waals surface area (Å²) in [7, 11) is 0. The van der Waals surface area contributed by atoms with Gasteiger partial charge in [-0.15, -0.1) is 6.42 Å². The zero-order valence-corrected chi connectivity index (χ0v) is 6.71. The molecule has 60 valence electrons. The molecule has 2 aliphatic heterocycles. The van der Waals surface area contributed by atoms with Crippen LogP contribution >= 0.6 is 0 Å². The highest BCUT2D eigenvalue weighted by Crippen LogP contribution is 2.25. The van der Waals surface area contributed by atoms with Crippen molar-refractivity contribution in [1.29, 1.82) is 0 Å². The van der Waals surface area contributed by atoms with Crippen molar-refractivity contribution in [3.8, 4) is 12.3 Å². The predicted molar refractivity (Wildman–Crippen MR) is 45.1 cm³/mol. The van der Waals surface area contributed by atoms with Gasteiger partial charge in [-0.05, 0) is 24.9 Å². The normalized spacial score (nSPS) is 37.0. The molecule has 2 nitrogen and oxygen atoms in total. The second-order valence-electron chi connectivity index (χ2n) is 3.58. The molecule has 0 spiro atoms. The highest BCUT2D eigenvalue weighted by atomic mass is 15.2. The summed E-state index contributed by atoms with van der Waals surface area (Å²) in [6.45, 7) is 5.66. The van der Waals surface area contributed by atoms with Crippen molar-refractivity contribution in [3.05, 3.63) is 0 Å². The molecule has 0 bridgehead atoms. The number of hydrogen-bond donors (Lipinski definition) is 1. The lowest BCUT2D eigenvalue weighted by molar-refractivity contribution is 0.352. The number of fused-ring (bicyclic) bond motifs is 1. The van der Waals surface area contributed by atoms with Crippen molar-refractivity contribution in [2.75, 3.05) is 32.7 Å². The number of rotatable bonds is 1. The zero-order chi connectivity index (χ0) is 7.68. The maximum absolute atomic E-state index is 5.25. The molecule has 2 rings (SSSR count). The SMILES string of the molecule is C#CCN1C[C@H]2CNC[C@H]2C1. The van der Waals surface area contributed by atoms with Gasteiger partial charge < -0.3 is 5.32 Å². The van der Waals surface area contributed by atoms with Crippen LogP contribution in [0.2, 0.25) is 0 Å². The Hall–Kier alpha value is -0.520. The first-order chi connectivity index (χ1) is 5.40. The van der Waals surface area contributed by atoms with E-state index in [1.165, 1.54) is 26.2 Å². The molecular formula is C9H14N2. The Morgan fingerprint density at radius 1 is 1.36 bits per heavy atom. The Balaban J connectivity index is 1.90. The van der Waals surface area contributed by atoms with Gasteiger partial charge in [0.1, 0.15) is 0 Å². The molecule has 2 atom stereocenters. The third-order valence-electron chi connectivity index (χ3n) is 2.78. The highest BCUT2D eigenvalue weighted by Gasteiger charge is 2.35. The standard InChI is InChI=1S/C9H14N2/c1-2-3-11-6-8-4-10-5-9(8)7-11/h1,8-10H,3-7H2/t8-,9+. The molecule has 0 amide bonds. The summed E-state index contributed by atoms with van der Waals surface area (Å²) in [6, 6.07) is 0. The Labute approximate surface area is 68.0 Å². The smallest absolute Gasteiger partial charge is 0.0599 e. The van der Waals surface area contributed by atoms with Crippen LogP contribution in [0, 0.1) is 24.2 Å². The summed E-state index contributed by atoms with van der Waals surface area (Å²) in [4.78, 5) is 2.39. The van der Waals surface area contributed by atoms with E-state index in [4.69, 9.17) is 6.42 Å². The lowest BCUT2D eigenvalue weighted by Gasteiger charge is -2.12. The summed E-state index contributed by atoms with van der Waals surface area (Å²) in [5.41, 5.74) is 0. The molecule has 0 aromatic heterocycles. The fraction of sp³-hybridized carbons (Fsp3) is 0.778. The van der Waals surface area contributed by atoms with Crippen LogP contribution in [0.5, 0.6) is 0 Å². The van der Waals surface area contributed by atoms with Crippen molar-refractivity contribution in [1.82, 2.24) is 10.2 Å². The average molecular weight is 150 g/mol. The third-order valence-corrected chi connectivity index (χ3v) is 2.78. The van der Waals surface area contributed by atoms with Crippen LogP contribution in [0.3, 0.4) is 0 Å². The second-order valence-corrected chi connectivity index (χ2v) is 3.58. The molecule has 0 unspecified atom stereocenters. The maximum atomic E-state index is 5.25. The van der Waals surface area contributed by atoms with Gasteiger partial charge in [-0.25, -0.2) is 0 Å². The van der Waals surface area contributed by atoms with Gasteiger partial charge in [0.2, 0.25) is 0 Å². The molecule has 11 heavy (non-hydrogen) atoms. The zero-order valence-electron chi connectivity index (χ0n) is 6.71. The predicted octanol–water partition coefficient (Wildman–Crippen LogP) is -0.229. The van der Waals surface area contributed by atoms with Crippen molar-refractivity contribution in [2.24, 2.45) is 11.8 Å². The molecule has 2 saturated heterocycles. The highest BCUT2D eigenvalue weighted by molar-refractivity contribution is 4.96. The summed E-state index contributed by atoms with van der Waals surface area (Å²) < 4.78 is 0. The quantitative estimate of drug-likeness (QED) is 0.519. The Morgan fingerprint density at radius 3 is 2.55 bits per heavy atom. The van der Waals surface area contributed by atoms with Crippen LogP contribution in [0.4, 0.5) is 0 Å². The lowest BCUT2D eigenvalue weighted by Crippen LogP contribution is -2.25. The van der Waals surface area contributed by atoms with E-state index in [2.05, 4.69) is 16.1 Å². The molecule has 1 N–H and O–H groups in total. The number of nitrogens with one attached hydrogen (secondary N) is 1. The second kappa shape index (κ2) is 2.84. The van der Waals surface area contributed by atoms with E-state index in [0.717, 1.165) is 18.4 Å². The van der Waals surface area contributed by atoms with Crippen LogP contribution in [-0.2, 0) is 0 Å².